The van der Waals surface area contributed by atoms with Crippen molar-refractivity contribution < 1.29 is 28.6 Å². The highest BCUT2D eigenvalue weighted by molar-refractivity contribution is 5.71. The maximum atomic E-state index is 12.8. The Labute approximate surface area is 376 Å². The third-order valence-corrected chi connectivity index (χ3v) is 10.7. The van der Waals surface area contributed by atoms with Crippen LogP contribution in [-0.4, -0.2) is 37.2 Å². The SMILES string of the molecule is CCCCC/C=C\C/C=C\C/C=C\C/C=C\CCCCCC(=O)OC[C@@H](COC(=O)CCCCCCCCCCC)OC(=O)CCCCCCC/C=C\C/C=C\CCCCC. The Hall–Kier alpha value is -3.15. The largest absolute Gasteiger partial charge is 0.462 e. The van der Waals surface area contributed by atoms with E-state index in [1.54, 1.807) is 0 Å². The highest BCUT2D eigenvalue weighted by atomic mass is 16.6. The van der Waals surface area contributed by atoms with Gasteiger partial charge in [-0.3, -0.25) is 14.4 Å². The number of rotatable bonds is 45. The normalized spacial score (nSPS) is 12.6. The van der Waals surface area contributed by atoms with Gasteiger partial charge in [0.25, 0.3) is 0 Å². The van der Waals surface area contributed by atoms with Crippen LogP contribution in [0, 0.1) is 0 Å². The van der Waals surface area contributed by atoms with E-state index < -0.39 is 6.10 Å². The first-order valence-electron chi connectivity index (χ1n) is 25.4. The lowest BCUT2D eigenvalue weighted by atomic mass is 10.1. The van der Waals surface area contributed by atoms with Gasteiger partial charge >= 0.3 is 17.9 Å². The molecule has 0 spiro atoms. The van der Waals surface area contributed by atoms with Crippen LogP contribution in [0.5, 0.6) is 0 Å². The van der Waals surface area contributed by atoms with E-state index in [2.05, 4.69) is 93.7 Å². The third-order valence-electron chi connectivity index (χ3n) is 10.7. The first kappa shape index (κ1) is 57.9. The average Bonchev–Trinajstić information content (AvgIpc) is 3.26. The molecule has 6 heteroatoms. The number of ether oxygens (including phenoxy) is 3. The van der Waals surface area contributed by atoms with Gasteiger partial charge in [0.1, 0.15) is 13.2 Å². The summed E-state index contributed by atoms with van der Waals surface area (Å²) >= 11 is 0. The predicted molar refractivity (Wildman–Crippen MR) is 261 cm³/mol. The molecule has 0 radical (unpaired) electrons. The van der Waals surface area contributed by atoms with E-state index in [9.17, 15) is 14.4 Å². The predicted octanol–water partition coefficient (Wildman–Crippen LogP) is 16.6. The second kappa shape index (κ2) is 49.5. The fraction of sp³-hybridized carbons (Fsp3) is 0.727. The first-order chi connectivity index (χ1) is 30.0. The molecule has 0 aromatic heterocycles. The van der Waals surface area contributed by atoms with Gasteiger partial charge in [-0.15, -0.1) is 0 Å². The fourth-order valence-corrected chi connectivity index (χ4v) is 6.81. The van der Waals surface area contributed by atoms with E-state index in [-0.39, 0.29) is 31.1 Å². The molecule has 0 heterocycles. The van der Waals surface area contributed by atoms with E-state index in [4.69, 9.17) is 14.2 Å². The van der Waals surface area contributed by atoms with Gasteiger partial charge in [-0.1, -0.05) is 196 Å². The molecule has 1 atom stereocenters. The van der Waals surface area contributed by atoms with Gasteiger partial charge in [0, 0.05) is 19.3 Å². The molecule has 0 bridgehead atoms. The molecule has 350 valence electrons. The van der Waals surface area contributed by atoms with Crippen molar-refractivity contribution in [2.45, 2.75) is 245 Å². The Bertz CT molecular complexity index is 1160. The monoisotopic (exact) mass is 851 g/mol. The van der Waals surface area contributed by atoms with Crippen LogP contribution in [0.4, 0.5) is 0 Å². The molecule has 0 amide bonds. The number of esters is 3. The quantitative estimate of drug-likeness (QED) is 0.0263. The number of hydrogen-bond donors (Lipinski definition) is 0. The summed E-state index contributed by atoms with van der Waals surface area (Å²) in [5, 5.41) is 0. The molecule has 0 saturated heterocycles. The van der Waals surface area contributed by atoms with E-state index in [0.29, 0.717) is 19.3 Å². The van der Waals surface area contributed by atoms with Crippen LogP contribution >= 0.6 is 0 Å². The van der Waals surface area contributed by atoms with E-state index in [1.807, 2.05) is 0 Å². The number of hydrogen-bond acceptors (Lipinski definition) is 6. The molecule has 0 aliphatic carbocycles. The zero-order valence-corrected chi connectivity index (χ0v) is 39.9. The van der Waals surface area contributed by atoms with Gasteiger partial charge in [0.05, 0.1) is 0 Å². The highest BCUT2D eigenvalue weighted by Crippen LogP contribution is 2.13. The van der Waals surface area contributed by atoms with Gasteiger partial charge < -0.3 is 14.2 Å². The summed E-state index contributed by atoms with van der Waals surface area (Å²) in [5.74, 6) is -0.940. The van der Waals surface area contributed by atoms with Crippen molar-refractivity contribution >= 4 is 17.9 Å². The molecule has 6 nitrogen and oxygen atoms in total. The maximum absolute atomic E-state index is 12.8. The van der Waals surface area contributed by atoms with Gasteiger partial charge in [-0.25, -0.2) is 0 Å². The van der Waals surface area contributed by atoms with Crippen molar-refractivity contribution in [3.63, 3.8) is 0 Å². The fourth-order valence-electron chi connectivity index (χ4n) is 6.81. The minimum absolute atomic E-state index is 0.0908. The summed E-state index contributed by atoms with van der Waals surface area (Å²) in [6, 6.07) is 0. The van der Waals surface area contributed by atoms with Crippen molar-refractivity contribution in [1.82, 2.24) is 0 Å². The van der Waals surface area contributed by atoms with Crippen LogP contribution in [0.2, 0.25) is 0 Å². The molecular weight excluding hydrogens is 757 g/mol. The molecule has 61 heavy (non-hydrogen) atoms. The van der Waals surface area contributed by atoms with E-state index in [1.165, 1.54) is 89.9 Å². The Morgan fingerprint density at radius 1 is 0.328 bits per heavy atom. The summed E-state index contributed by atoms with van der Waals surface area (Å²) < 4.78 is 16.7. The van der Waals surface area contributed by atoms with Crippen molar-refractivity contribution in [2.75, 3.05) is 13.2 Å². The van der Waals surface area contributed by atoms with Crippen LogP contribution in [0.25, 0.3) is 0 Å². The Morgan fingerprint density at radius 3 is 0.967 bits per heavy atom. The van der Waals surface area contributed by atoms with Gasteiger partial charge in [-0.05, 0) is 96.3 Å². The van der Waals surface area contributed by atoms with Crippen LogP contribution in [0.15, 0.2) is 72.9 Å². The van der Waals surface area contributed by atoms with Crippen molar-refractivity contribution in [3.05, 3.63) is 72.9 Å². The standard InChI is InChI=1S/C55H94O6/c1-4-7-10-13-16-19-21-23-25-26-27-28-30-31-33-36-39-42-45-48-54(57)60-51-52(50-59-53(56)47-44-41-38-35-18-15-12-9-6-3)61-55(58)49-46-43-40-37-34-32-29-24-22-20-17-14-11-8-5-2/h16-17,19-20,23-25,27-29,31,33,52H,4-15,18,21-22,26,30,32,34-51H2,1-3H3/b19-16-,20-17-,25-23-,28-27-,29-24-,33-31-/t52-/m1/s1. The minimum Gasteiger partial charge on any atom is -0.462 e. The van der Waals surface area contributed by atoms with Gasteiger partial charge in [0.15, 0.2) is 6.10 Å². The lowest BCUT2D eigenvalue weighted by Gasteiger charge is -2.18. The Balaban J connectivity index is 4.41. The molecule has 0 fully saturated rings. The summed E-state index contributed by atoms with van der Waals surface area (Å²) in [4.78, 5) is 37.9. The van der Waals surface area contributed by atoms with Crippen LogP contribution in [0.1, 0.15) is 239 Å². The van der Waals surface area contributed by atoms with Crippen molar-refractivity contribution in [3.8, 4) is 0 Å². The lowest BCUT2D eigenvalue weighted by Crippen LogP contribution is -2.30. The number of carbonyl (C=O) groups is 3. The van der Waals surface area contributed by atoms with Gasteiger partial charge in [0.2, 0.25) is 0 Å². The second-order valence-corrected chi connectivity index (χ2v) is 16.7. The molecular formula is C55H94O6. The topological polar surface area (TPSA) is 78.9 Å². The Kier molecular flexibility index (Phi) is 46.9. The van der Waals surface area contributed by atoms with Crippen LogP contribution < -0.4 is 0 Å². The molecule has 0 N–H and O–H groups in total. The number of carbonyl (C=O) groups excluding carboxylic acids is 3. The highest BCUT2D eigenvalue weighted by Gasteiger charge is 2.19. The van der Waals surface area contributed by atoms with Gasteiger partial charge in [-0.2, -0.15) is 0 Å². The first-order valence-corrected chi connectivity index (χ1v) is 25.4. The maximum Gasteiger partial charge on any atom is 0.306 e. The summed E-state index contributed by atoms with van der Waals surface area (Å²) in [6.07, 6.45) is 61.7. The van der Waals surface area contributed by atoms with Crippen molar-refractivity contribution in [1.29, 1.82) is 0 Å². The van der Waals surface area contributed by atoms with E-state index in [0.717, 1.165) is 109 Å². The lowest BCUT2D eigenvalue weighted by molar-refractivity contribution is -0.167. The van der Waals surface area contributed by atoms with Crippen molar-refractivity contribution in [2.24, 2.45) is 0 Å². The number of allylic oxidation sites excluding steroid dienone is 12. The molecule has 0 aromatic carbocycles. The second-order valence-electron chi connectivity index (χ2n) is 16.7. The molecule has 0 aliphatic rings. The third kappa shape index (κ3) is 47.7. The summed E-state index contributed by atoms with van der Waals surface area (Å²) in [7, 11) is 0. The molecule has 0 aromatic rings. The molecule has 0 rings (SSSR count). The smallest absolute Gasteiger partial charge is 0.306 e. The summed E-state index contributed by atoms with van der Waals surface area (Å²) in [5.41, 5.74) is 0. The molecule has 0 saturated carbocycles. The average molecular weight is 851 g/mol. The van der Waals surface area contributed by atoms with E-state index >= 15 is 0 Å². The zero-order valence-electron chi connectivity index (χ0n) is 39.9. The van der Waals surface area contributed by atoms with Crippen LogP contribution in [-0.2, 0) is 28.6 Å². The molecule has 0 aliphatic heterocycles. The zero-order chi connectivity index (χ0) is 44.4. The minimum atomic E-state index is -0.793. The summed E-state index contributed by atoms with van der Waals surface area (Å²) in [6.45, 7) is 6.52. The molecule has 0 unspecified atom stereocenters. The van der Waals surface area contributed by atoms with Crippen LogP contribution in [0.3, 0.4) is 0 Å². The number of unbranched alkanes of at least 4 members (excludes halogenated alkanes) is 22. The Morgan fingerprint density at radius 2 is 0.590 bits per heavy atom.